The minimum Gasteiger partial charge on any atom is -0.465 e. The summed E-state index contributed by atoms with van der Waals surface area (Å²) in [6, 6.07) is 0.748. The van der Waals surface area contributed by atoms with E-state index in [1.165, 1.54) is 13.8 Å². The molecule has 1 aromatic carbocycles. The second-order valence-electron chi connectivity index (χ2n) is 5.10. The van der Waals surface area contributed by atoms with E-state index >= 15 is 0 Å². The van der Waals surface area contributed by atoms with Gasteiger partial charge in [0.15, 0.2) is 5.92 Å². The number of nitro benzene ring substituents is 3. The van der Waals surface area contributed by atoms with Crippen molar-refractivity contribution in [3.05, 3.63) is 48.0 Å². The van der Waals surface area contributed by atoms with E-state index < -0.39 is 61.4 Å². The summed E-state index contributed by atoms with van der Waals surface area (Å²) in [5, 5.41) is 44.0. The van der Waals surface area contributed by atoms with E-state index in [0.717, 1.165) is 0 Å². The van der Waals surface area contributed by atoms with Gasteiger partial charge >= 0.3 is 11.9 Å². The summed E-state index contributed by atoms with van der Waals surface area (Å²) in [5.74, 6) is -4.86. The molecular weight excluding hydrogens is 386 g/mol. The number of non-ortho nitro benzene ring substituents is 1. The van der Waals surface area contributed by atoms with Crippen molar-refractivity contribution < 1.29 is 38.9 Å². The number of ether oxygens (including phenoxy) is 2. The smallest absolute Gasteiger partial charge is 0.323 e. The Labute approximate surface area is 156 Å². The molecule has 0 unspecified atom stereocenters. The first-order chi connectivity index (χ1) is 13.1. The summed E-state index contributed by atoms with van der Waals surface area (Å²) in [6.07, 6.45) is -2.43. The van der Waals surface area contributed by atoms with Gasteiger partial charge < -0.3 is 14.6 Å². The van der Waals surface area contributed by atoms with E-state index in [-0.39, 0.29) is 13.2 Å². The van der Waals surface area contributed by atoms with E-state index in [9.17, 15) is 45.0 Å². The van der Waals surface area contributed by atoms with Crippen molar-refractivity contribution >= 4 is 29.0 Å². The number of rotatable bonds is 9. The van der Waals surface area contributed by atoms with E-state index in [2.05, 4.69) is 9.47 Å². The molecule has 0 saturated carbocycles. The molecule has 1 aromatic rings. The number of carbonyl (C=O) groups is 2. The van der Waals surface area contributed by atoms with Crippen LogP contribution in [0.5, 0.6) is 0 Å². The molecule has 0 spiro atoms. The lowest BCUT2D eigenvalue weighted by molar-refractivity contribution is -0.404. The SMILES string of the molecule is CCOC(=O)C(C(=O)OCC)[C@@H](O)c1c([N+](=O)[O-])cc([N+](=O)[O-])cc1[N+](=O)[O-]. The van der Waals surface area contributed by atoms with Gasteiger partial charge in [0.1, 0.15) is 11.7 Å². The van der Waals surface area contributed by atoms with Crippen LogP contribution in [0, 0.1) is 36.3 Å². The second kappa shape index (κ2) is 9.31. The van der Waals surface area contributed by atoms with E-state index in [4.69, 9.17) is 0 Å². The number of nitrogens with zero attached hydrogens (tertiary/aromatic N) is 3. The van der Waals surface area contributed by atoms with Crippen molar-refractivity contribution in [3.63, 3.8) is 0 Å². The molecule has 0 aliphatic carbocycles. The number of esters is 2. The third-order valence-corrected chi connectivity index (χ3v) is 3.42. The molecule has 152 valence electrons. The minimum atomic E-state index is -2.43. The number of carbonyl (C=O) groups excluding carboxylic acids is 2. The molecule has 0 aromatic heterocycles. The molecular formula is C14H15N3O11. The summed E-state index contributed by atoms with van der Waals surface area (Å²) in [4.78, 5) is 54.1. The lowest BCUT2D eigenvalue weighted by Crippen LogP contribution is -2.34. The molecule has 28 heavy (non-hydrogen) atoms. The lowest BCUT2D eigenvalue weighted by atomic mass is 9.92. The van der Waals surface area contributed by atoms with Crippen molar-refractivity contribution in [2.45, 2.75) is 20.0 Å². The zero-order valence-electron chi connectivity index (χ0n) is 14.6. The quantitative estimate of drug-likeness (QED) is 0.269. The third-order valence-electron chi connectivity index (χ3n) is 3.42. The van der Waals surface area contributed by atoms with Crippen molar-refractivity contribution in [2.24, 2.45) is 5.92 Å². The predicted octanol–water partition coefficient (Wildman–Crippen LogP) is 1.19. The van der Waals surface area contributed by atoms with Gasteiger partial charge in [0.25, 0.3) is 17.1 Å². The van der Waals surface area contributed by atoms with Gasteiger partial charge in [0.05, 0.1) is 40.1 Å². The first kappa shape index (κ1) is 22.4. The van der Waals surface area contributed by atoms with Crippen LogP contribution in [0.2, 0.25) is 0 Å². The second-order valence-corrected chi connectivity index (χ2v) is 5.10. The molecule has 0 amide bonds. The molecule has 0 fully saturated rings. The van der Waals surface area contributed by atoms with Crippen molar-refractivity contribution in [1.82, 2.24) is 0 Å². The molecule has 0 saturated heterocycles. The van der Waals surface area contributed by atoms with Gasteiger partial charge in [-0.15, -0.1) is 0 Å². The Morgan fingerprint density at radius 3 is 1.61 bits per heavy atom. The van der Waals surface area contributed by atoms with Crippen LogP contribution in [0.4, 0.5) is 17.1 Å². The standard InChI is InChI=1S/C14H15N3O11/c1-3-27-13(19)11(14(20)28-4-2)12(18)10-8(16(23)24)5-7(15(21)22)6-9(10)17(25)26/h5-6,11-12,18H,3-4H2,1-2H3/t12-/m0/s1. The zero-order chi connectivity index (χ0) is 21.6. The summed E-state index contributed by atoms with van der Waals surface area (Å²) in [5.41, 5.74) is -4.48. The number of nitro groups is 3. The van der Waals surface area contributed by atoms with Gasteiger partial charge in [-0.05, 0) is 13.8 Å². The highest BCUT2D eigenvalue weighted by Crippen LogP contribution is 2.41. The lowest BCUT2D eigenvalue weighted by Gasteiger charge is -2.20. The van der Waals surface area contributed by atoms with Crippen LogP contribution in [0.3, 0.4) is 0 Å². The van der Waals surface area contributed by atoms with E-state index in [1.807, 2.05) is 0 Å². The summed E-state index contributed by atoms with van der Waals surface area (Å²) in [6.45, 7) is 2.30. The highest BCUT2D eigenvalue weighted by Gasteiger charge is 2.45. The van der Waals surface area contributed by atoms with Gasteiger partial charge in [-0.2, -0.15) is 0 Å². The Bertz CT molecular complexity index is 770. The van der Waals surface area contributed by atoms with Crippen LogP contribution in [0.25, 0.3) is 0 Å². The molecule has 14 nitrogen and oxygen atoms in total. The molecule has 0 radical (unpaired) electrons. The number of hydrogen-bond acceptors (Lipinski definition) is 11. The Hall–Kier alpha value is -3.68. The van der Waals surface area contributed by atoms with Crippen molar-refractivity contribution in [1.29, 1.82) is 0 Å². The highest BCUT2D eigenvalue weighted by molar-refractivity contribution is 5.96. The number of hydrogen-bond donors (Lipinski definition) is 1. The molecule has 1 rings (SSSR count). The average molecular weight is 401 g/mol. The van der Waals surface area contributed by atoms with Crippen LogP contribution >= 0.6 is 0 Å². The summed E-state index contributed by atoms with van der Waals surface area (Å²) >= 11 is 0. The van der Waals surface area contributed by atoms with Crippen LogP contribution in [-0.4, -0.2) is 45.0 Å². The zero-order valence-corrected chi connectivity index (χ0v) is 14.6. The topological polar surface area (TPSA) is 202 Å². The molecule has 14 heteroatoms. The number of aliphatic hydroxyl groups excluding tert-OH is 1. The van der Waals surface area contributed by atoms with Crippen LogP contribution in [0.1, 0.15) is 25.5 Å². The average Bonchev–Trinajstić information content (AvgIpc) is 2.60. The number of aliphatic hydroxyl groups is 1. The summed E-state index contributed by atoms with van der Waals surface area (Å²) in [7, 11) is 0. The number of benzene rings is 1. The molecule has 0 aliphatic rings. The Balaban J connectivity index is 3.74. The highest BCUT2D eigenvalue weighted by atomic mass is 16.6. The van der Waals surface area contributed by atoms with Gasteiger partial charge in [-0.25, -0.2) is 0 Å². The molecule has 1 N–H and O–H groups in total. The molecule has 0 aliphatic heterocycles. The van der Waals surface area contributed by atoms with Crippen LogP contribution in [-0.2, 0) is 19.1 Å². The molecule has 1 atom stereocenters. The Kier molecular flexibility index (Phi) is 7.44. The predicted molar refractivity (Wildman–Crippen MR) is 88.1 cm³/mol. The van der Waals surface area contributed by atoms with Gasteiger partial charge in [-0.1, -0.05) is 0 Å². The van der Waals surface area contributed by atoms with Gasteiger partial charge in [0.2, 0.25) is 0 Å². The monoisotopic (exact) mass is 401 g/mol. The van der Waals surface area contributed by atoms with Crippen LogP contribution < -0.4 is 0 Å². The Morgan fingerprint density at radius 1 is 0.929 bits per heavy atom. The maximum atomic E-state index is 12.1. The normalized spacial score (nSPS) is 11.6. The van der Waals surface area contributed by atoms with Gasteiger partial charge in [-0.3, -0.25) is 39.9 Å². The first-order valence-corrected chi connectivity index (χ1v) is 7.69. The van der Waals surface area contributed by atoms with E-state index in [1.54, 1.807) is 0 Å². The van der Waals surface area contributed by atoms with Gasteiger partial charge in [0, 0.05) is 0 Å². The van der Waals surface area contributed by atoms with Crippen molar-refractivity contribution in [3.8, 4) is 0 Å². The molecule has 0 heterocycles. The fraction of sp³-hybridized carbons (Fsp3) is 0.429. The van der Waals surface area contributed by atoms with E-state index in [0.29, 0.717) is 12.1 Å². The Morgan fingerprint density at radius 2 is 1.32 bits per heavy atom. The van der Waals surface area contributed by atoms with Crippen molar-refractivity contribution in [2.75, 3.05) is 13.2 Å². The summed E-state index contributed by atoms with van der Waals surface area (Å²) < 4.78 is 9.26. The third kappa shape index (κ3) is 4.73. The fourth-order valence-corrected chi connectivity index (χ4v) is 2.30. The first-order valence-electron chi connectivity index (χ1n) is 7.69. The fourth-order valence-electron chi connectivity index (χ4n) is 2.30. The maximum absolute atomic E-state index is 12.1. The van der Waals surface area contributed by atoms with Crippen LogP contribution in [0.15, 0.2) is 12.1 Å². The minimum absolute atomic E-state index is 0.230. The molecule has 0 bridgehead atoms. The maximum Gasteiger partial charge on any atom is 0.323 e. The largest absolute Gasteiger partial charge is 0.465 e.